The minimum atomic E-state index is -0.280. The molecule has 35 heavy (non-hydrogen) atoms. The molecule has 1 aliphatic heterocycles. The van der Waals surface area contributed by atoms with Crippen molar-refractivity contribution < 1.29 is 14.1 Å². The van der Waals surface area contributed by atoms with Crippen LogP contribution in [0.15, 0.2) is 66.0 Å². The molecule has 176 valence electrons. The van der Waals surface area contributed by atoms with Crippen molar-refractivity contribution in [1.29, 1.82) is 0 Å². The number of aromatic nitrogens is 6. The average molecular weight is 470 g/mol. The fraction of sp³-hybridized carbons (Fsp3) is 0.208. The second kappa shape index (κ2) is 9.67. The summed E-state index contributed by atoms with van der Waals surface area (Å²) in [7, 11) is 0. The molecule has 1 fully saturated rings. The van der Waals surface area contributed by atoms with Gasteiger partial charge in [0, 0.05) is 19.3 Å². The van der Waals surface area contributed by atoms with E-state index in [1.165, 1.54) is 12.3 Å². The van der Waals surface area contributed by atoms with Gasteiger partial charge in [-0.25, -0.2) is 4.98 Å². The van der Waals surface area contributed by atoms with Gasteiger partial charge >= 0.3 is 0 Å². The molecule has 5 rings (SSSR count). The molecule has 0 aliphatic carbocycles. The number of piperidine rings is 1. The van der Waals surface area contributed by atoms with Crippen LogP contribution in [0.3, 0.4) is 0 Å². The Hall–Kier alpha value is -4.67. The van der Waals surface area contributed by atoms with Crippen LogP contribution >= 0.6 is 0 Å². The minimum Gasteiger partial charge on any atom is -0.338 e. The van der Waals surface area contributed by atoms with Crippen molar-refractivity contribution in [2.45, 2.75) is 12.8 Å². The third kappa shape index (κ3) is 4.83. The summed E-state index contributed by atoms with van der Waals surface area (Å²) in [5.74, 6) is -0.0199. The van der Waals surface area contributed by atoms with Gasteiger partial charge in [0.25, 0.3) is 5.89 Å². The van der Waals surface area contributed by atoms with Crippen molar-refractivity contribution in [3.8, 4) is 34.5 Å². The smallest absolute Gasteiger partial charge is 0.276 e. The number of amides is 2. The first-order valence-electron chi connectivity index (χ1n) is 11.1. The van der Waals surface area contributed by atoms with E-state index in [1.807, 2.05) is 18.2 Å². The number of nitrogens with zero attached hydrogens (tertiary/aromatic N) is 6. The van der Waals surface area contributed by atoms with Crippen LogP contribution in [0, 0.1) is 5.92 Å². The molecular formula is C24H22N8O3. The molecule has 0 radical (unpaired) electrons. The number of carbonyl (C=O) groups is 2. The number of anilines is 1. The Morgan fingerprint density at radius 1 is 1.14 bits per heavy atom. The van der Waals surface area contributed by atoms with Crippen LogP contribution in [-0.2, 0) is 9.59 Å². The van der Waals surface area contributed by atoms with Gasteiger partial charge in [0.05, 0.1) is 29.2 Å². The largest absolute Gasteiger partial charge is 0.338 e. The molecular weight excluding hydrogens is 448 g/mol. The summed E-state index contributed by atoms with van der Waals surface area (Å²) in [5.41, 5.74) is 3.04. The summed E-state index contributed by atoms with van der Waals surface area (Å²) in [6.07, 6.45) is 5.96. The normalized spacial score (nSPS) is 15.5. The summed E-state index contributed by atoms with van der Waals surface area (Å²) in [4.78, 5) is 39.5. The van der Waals surface area contributed by atoms with Crippen molar-refractivity contribution >= 4 is 17.5 Å². The van der Waals surface area contributed by atoms with Crippen molar-refractivity contribution in [2.24, 2.45) is 5.92 Å². The van der Waals surface area contributed by atoms with Gasteiger partial charge in [-0.05, 0) is 49.2 Å². The first-order chi connectivity index (χ1) is 17.1. The van der Waals surface area contributed by atoms with Gasteiger partial charge < -0.3 is 14.7 Å². The summed E-state index contributed by atoms with van der Waals surface area (Å²) in [6.45, 7) is 4.53. The zero-order valence-corrected chi connectivity index (χ0v) is 18.7. The van der Waals surface area contributed by atoms with Crippen molar-refractivity contribution in [3.05, 3.63) is 61.4 Å². The second-order valence-corrected chi connectivity index (χ2v) is 8.05. The standard InChI is InChI=1S/C24H22N8O3/c1-2-21(33)32-12-4-5-15(14-32)23(34)27-16-8-9-19(25-13-16)22-29-24(35-31-22)20-7-3-6-17(28-20)18-10-11-26-30-18/h2-3,6-11,13,15H,1,4-5,12,14H2,(H,26,30)(H,27,34)/t15-/m0/s1. The number of pyridine rings is 2. The molecule has 0 bridgehead atoms. The van der Waals surface area contributed by atoms with E-state index in [4.69, 9.17) is 4.52 Å². The van der Waals surface area contributed by atoms with Crippen LogP contribution in [0.25, 0.3) is 34.5 Å². The van der Waals surface area contributed by atoms with Crippen LogP contribution in [0.1, 0.15) is 12.8 Å². The van der Waals surface area contributed by atoms with Crippen molar-refractivity contribution in [3.63, 3.8) is 0 Å². The van der Waals surface area contributed by atoms with Gasteiger partial charge in [-0.2, -0.15) is 10.1 Å². The molecule has 0 aromatic carbocycles. The molecule has 11 heteroatoms. The second-order valence-electron chi connectivity index (χ2n) is 8.05. The number of hydrogen-bond donors (Lipinski definition) is 2. The van der Waals surface area contributed by atoms with E-state index >= 15 is 0 Å². The molecule has 0 saturated carbocycles. The zero-order valence-electron chi connectivity index (χ0n) is 18.7. The quantitative estimate of drug-likeness (QED) is 0.410. The fourth-order valence-electron chi connectivity index (χ4n) is 3.90. The maximum Gasteiger partial charge on any atom is 0.276 e. The molecule has 4 aromatic rings. The van der Waals surface area contributed by atoms with E-state index in [0.29, 0.717) is 41.7 Å². The van der Waals surface area contributed by atoms with Crippen LogP contribution in [0.5, 0.6) is 0 Å². The molecule has 2 N–H and O–H groups in total. The van der Waals surface area contributed by atoms with Gasteiger partial charge in [0.2, 0.25) is 17.6 Å². The molecule has 2 amide bonds. The number of H-pyrrole nitrogens is 1. The predicted octanol–water partition coefficient (Wildman–Crippen LogP) is 2.95. The molecule has 1 atom stereocenters. The Morgan fingerprint density at radius 2 is 2.03 bits per heavy atom. The first kappa shape index (κ1) is 22.1. The lowest BCUT2D eigenvalue weighted by atomic mass is 9.97. The van der Waals surface area contributed by atoms with Crippen LogP contribution in [0.4, 0.5) is 5.69 Å². The molecule has 0 spiro atoms. The number of hydrogen-bond acceptors (Lipinski definition) is 8. The molecule has 5 heterocycles. The van der Waals surface area contributed by atoms with E-state index in [1.54, 1.807) is 29.3 Å². The molecule has 0 unspecified atom stereocenters. The van der Waals surface area contributed by atoms with Crippen molar-refractivity contribution in [2.75, 3.05) is 18.4 Å². The number of rotatable bonds is 6. The Balaban J connectivity index is 1.25. The highest BCUT2D eigenvalue weighted by molar-refractivity contribution is 5.93. The maximum atomic E-state index is 12.7. The lowest BCUT2D eigenvalue weighted by Crippen LogP contribution is -2.43. The maximum absolute atomic E-state index is 12.7. The SMILES string of the molecule is C=CC(=O)N1CCC[C@H](C(=O)Nc2ccc(-c3noc(-c4cccc(-c5ccn[nH]5)n4)n3)nc2)C1. The lowest BCUT2D eigenvalue weighted by molar-refractivity contribution is -0.130. The summed E-state index contributed by atoms with van der Waals surface area (Å²) < 4.78 is 5.39. The zero-order chi connectivity index (χ0) is 24.2. The van der Waals surface area contributed by atoms with E-state index < -0.39 is 0 Å². The number of nitrogens with one attached hydrogen (secondary N) is 2. The highest BCUT2D eigenvalue weighted by Gasteiger charge is 2.27. The molecule has 1 aliphatic rings. The summed E-state index contributed by atoms with van der Waals surface area (Å²) >= 11 is 0. The van der Waals surface area contributed by atoms with Gasteiger partial charge in [-0.3, -0.25) is 19.7 Å². The average Bonchev–Trinajstić information content (AvgIpc) is 3.62. The Bertz CT molecular complexity index is 1350. The molecule has 4 aromatic heterocycles. The number of aromatic amines is 1. The van der Waals surface area contributed by atoms with E-state index in [-0.39, 0.29) is 23.6 Å². The minimum absolute atomic E-state index is 0.147. The van der Waals surface area contributed by atoms with Gasteiger partial charge in [0.1, 0.15) is 11.4 Å². The van der Waals surface area contributed by atoms with E-state index in [0.717, 1.165) is 18.5 Å². The van der Waals surface area contributed by atoms with Crippen LogP contribution in [0.2, 0.25) is 0 Å². The Kier molecular flexibility index (Phi) is 6.12. The number of likely N-dealkylation sites (tertiary alicyclic amines) is 1. The van der Waals surface area contributed by atoms with E-state index in [9.17, 15) is 9.59 Å². The third-order valence-corrected chi connectivity index (χ3v) is 5.71. The Morgan fingerprint density at radius 3 is 2.80 bits per heavy atom. The Labute approximate surface area is 200 Å². The van der Waals surface area contributed by atoms with E-state index in [2.05, 4.69) is 42.2 Å². The highest BCUT2D eigenvalue weighted by atomic mass is 16.5. The predicted molar refractivity (Wildman–Crippen MR) is 126 cm³/mol. The molecule has 1 saturated heterocycles. The summed E-state index contributed by atoms with van der Waals surface area (Å²) in [5, 5.41) is 13.7. The van der Waals surface area contributed by atoms with Crippen molar-refractivity contribution in [1.82, 2.24) is 35.2 Å². The third-order valence-electron chi connectivity index (χ3n) is 5.71. The first-order valence-corrected chi connectivity index (χ1v) is 11.1. The monoisotopic (exact) mass is 470 g/mol. The van der Waals surface area contributed by atoms with Gasteiger partial charge in [-0.1, -0.05) is 17.8 Å². The highest BCUT2D eigenvalue weighted by Crippen LogP contribution is 2.24. The van der Waals surface area contributed by atoms with Crippen LogP contribution in [-0.4, -0.2) is 60.1 Å². The lowest BCUT2D eigenvalue weighted by Gasteiger charge is -2.31. The number of carbonyl (C=O) groups excluding carboxylic acids is 2. The van der Waals surface area contributed by atoms with Gasteiger partial charge in [-0.15, -0.1) is 0 Å². The van der Waals surface area contributed by atoms with Gasteiger partial charge in [0.15, 0.2) is 0 Å². The fourth-order valence-corrected chi connectivity index (χ4v) is 3.90. The molecule has 11 nitrogen and oxygen atoms in total. The topological polar surface area (TPSA) is 143 Å². The summed E-state index contributed by atoms with van der Waals surface area (Å²) in [6, 6.07) is 10.7. The van der Waals surface area contributed by atoms with Crippen LogP contribution < -0.4 is 5.32 Å².